The Morgan fingerprint density at radius 2 is 2.00 bits per heavy atom. The number of nitrogens with one attached hydrogen (secondary N) is 1. The van der Waals surface area contributed by atoms with Crippen molar-refractivity contribution in [2.45, 2.75) is 32.7 Å². The van der Waals surface area contributed by atoms with Gasteiger partial charge in [0.2, 0.25) is 0 Å². The topological polar surface area (TPSA) is 58.6 Å². The van der Waals surface area contributed by atoms with Crippen molar-refractivity contribution in [2.24, 2.45) is 5.92 Å². The number of ether oxygens (including phenoxy) is 1. The van der Waals surface area contributed by atoms with Gasteiger partial charge in [-0.05, 0) is 55.8 Å². The summed E-state index contributed by atoms with van der Waals surface area (Å²) in [5, 5.41) is 13.1. The van der Waals surface area contributed by atoms with Gasteiger partial charge in [-0.2, -0.15) is 0 Å². The van der Waals surface area contributed by atoms with Crippen molar-refractivity contribution in [3.05, 3.63) is 28.8 Å². The zero-order chi connectivity index (χ0) is 14.0. The highest BCUT2D eigenvalue weighted by Gasteiger charge is 2.27. The third-order valence-corrected chi connectivity index (χ3v) is 3.59. The molecule has 1 aliphatic rings. The van der Waals surface area contributed by atoms with Crippen molar-refractivity contribution in [3.63, 3.8) is 0 Å². The summed E-state index contributed by atoms with van der Waals surface area (Å²) in [6.45, 7) is 4.50. The molecule has 0 bridgehead atoms. The number of esters is 1. The molecule has 1 aromatic carbocycles. The normalized spacial score (nSPS) is 16.2. The monoisotopic (exact) mass is 263 g/mol. The fraction of sp³-hybridized carbons (Fsp3) is 0.533. The van der Waals surface area contributed by atoms with Crippen molar-refractivity contribution in [3.8, 4) is 5.75 Å². The molecule has 0 saturated heterocycles. The Hall–Kier alpha value is -1.55. The molecule has 0 aromatic heterocycles. The minimum atomic E-state index is -0.455. The second kappa shape index (κ2) is 5.61. The van der Waals surface area contributed by atoms with E-state index in [9.17, 15) is 9.90 Å². The van der Waals surface area contributed by atoms with Gasteiger partial charge in [0.15, 0.2) is 0 Å². The van der Waals surface area contributed by atoms with Gasteiger partial charge >= 0.3 is 5.97 Å². The molecule has 1 fully saturated rings. The van der Waals surface area contributed by atoms with E-state index in [0.29, 0.717) is 5.92 Å². The van der Waals surface area contributed by atoms with Crippen LogP contribution >= 0.6 is 0 Å². The molecular formula is C15H21NO3. The summed E-state index contributed by atoms with van der Waals surface area (Å²) in [5.41, 5.74) is 2.40. The average Bonchev–Trinajstić information content (AvgIpc) is 3.19. The van der Waals surface area contributed by atoms with Crippen molar-refractivity contribution >= 4 is 5.97 Å². The van der Waals surface area contributed by atoms with Crippen LogP contribution in [0.2, 0.25) is 0 Å². The van der Waals surface area contributed by atoms with E-state index in [1.807, 2.05) is 26.0 Å². The predicted octanol–water partition coefficient (Wildman–Crippen LogP) is 2.22. The Balaban J connectivity index is 2.22. The summed E-state index contributed by atoms with van der Waals surface area (Å²) in [5.74, 6) is 0.686. The first-order valence-corrected chi connectivity index (χ1v) is 6.64. The van der Waals surface area contributed by atoms with E-state index in [-0.39, 0.29) is 11.7 Å². The first-order valence-electron chi connectivity index (χ1n) is 6.64. The number of rotatable bonds is 5. The summed E-state index contributed by atoms with van der Waals surface area (Å²) >= 11 is 0. The van der Waals surface area contributed by atoms with E-state index in [4.69, 9.17) is 4.74 Å². The van der Waals surface area contributed by atoms with Gasteiger partial charge in [-0.1, -0.05) is 12.1 Å². The number of hydrogen-bond acceptors (Lipinski definition) is 4. The molecule has 1 saturated carbocycles. The van der Waals surface area contributed by atoms with Gasteiger partial charge in [0.25, 0.3) is 0 Å². The smallest absolute Gasteiger partial charge is 0.327 e. The van der Waals surface area contributed by atoms with Gasteiger partial charge in [-0.25, -0.2) is 4.79 Å². The predicted molar refractivity (Wildman–Crippen MR) is 73.1 cm³/mol. The number of aryl methyl sites for hydroxylation is 2. The Morgan fingerprint density at radius 1 is 1.42 bits per heavy atom. The van der Waals surface area contributed by atoms with Crippen LogP contribution in [0, 0.1) is 19.8 Å². The maximum absolute atomic E-state index is 11.9. The standard InChI is InChI=1S/C15H21NO3/c1-9-6-12(7-10(2)14(9)17)13(15(18)19-3)16-8-11-4-5-11/h6-7,11,13,16-17H,4-5,8H2,1-3H3. The number of phenolic OH excluding ortho intramolecular Hbond substituents is 1. The van der Waals surface area contributed by atoms with E-state index >= 15 is 0 Å². The fourth-order valence-corrected chi connectivity index (χ4v) is 2.22. The van der Waals surface area contributed by atoms with Crippen LogP contribution in [0.4, 0.5) is 0 Å². The van der Waals surface area contributed by atoms with Crippen LogP contribution in [0.25, 0.3) is 0 Å². The second-order valence-corrected chi connectivity index (χ2v) is 5.31. The maximum Gasteiger partial charge on any atom is 0.327 e. The first-order chi connectivity index (χ1) is 9.02. The molecule has 1 unspecified atom stereocenters. The van der Waals surface area contributed by atoms with Crippen molar-refractivity contribution < 1.29 is 14.6 Å². The van der Waals surface area contributed by atoms with E-state index in [0.717, 1.165) is 23.2 Å². The number of phenols is 1. The van der Waals surface area contributed by atoms with Gasteiger partial charge in [0, 0.05) is 0 Å². The molecule has 0 heterocycles. The van der Waals surface area contributed by atoms with Crippen LogP contribution in [0.3, 0.4) is 0 Å². The quantitative estimate of drug-likeness (QED) is 0.800. The Kier molecular flexibility index (Phi) is 4.10. The van der Waals surface area contributed by atoms with E-state index in [1.165, 1.54) is 20.0 Å². The fourth-order valence-electron chi connectivity index (χ4n) is 2.22. The minimum Gasteiger partial charge on any atom is -0.507 e. The summed E-state index contributed by atoms with van der Waals surface area (Å²) in [4.78, 5) is 11.9. The molecule has 0 radical (unpaired) electrons. The Bertz CT molecular complexity index is 457. The van der Waals surface area contributed by atoms with Crippen LogP contribution in [-0.4, -0.2) is 24.7 Å². The van der Waals surface area contributed by atoms with Gasteiger partial charge in [0.05, 0.1) is 7.11 Å². The number of carbonyl (C=O) groups excluding carboxylic acids is 1. The molecule has 4 heteroatoms. The zero-order valence-corrected chi connectivity index (χ0v) is 11.7. The molecule has 104 valence electrons. The van der Waals surface area contributed by atoms with E-state index < -0.39 is 6.04 Å². The van der Waals surface area contributed by atoms with Gasteiger partial charge in [0.1, 0.15) is 11.8 Å². The van der Waals surface area contributed by atoms with Gasteiger partial charge < -0.3 is 15.2 Å². The zero-order valence-electron chi connectivity index (χ0n) is 11.7. The number of aromatic hydroxyl groups is 1. The molecular weight excluding hydrogens is 242 g/mol. The Morgan fingerprint density at radius 3 is 2.47 bits per heavy atom. The van der Waals surface area contributed by atoms with E-state index in [1.54, 1.807) is 0 Å². The molecule has 1 aromatic rings. The molecule has 0 aliphatic heterocycles. The van der Waals surface area contributed by atoms with Crippen molar-refractivity contribution in [1.29, 1.82) is 0 Å². The summed E-state index contributed by atoms with van der Waals surface area (Å²) in [6.07, 6.45) is 2.46. The molecule has 1 atom stereocenters. The number of methoxy groups -OCH3 is 1. The molecule has 2 rings (SSSR count). The van der Waals surface area contributed by atoms with Crippen LogP contribution in [-0.2, 0) is 9.53 Å². The molecule has 19 heavy (non-hydrogen) atoms. The first kappa shape index (κ1) is 13.9. The minimum absolute atomic E-state index is 0.287. The second-order valence-electron chi connectivity index (χ2n) is 5.31. The van der Waals surface area contributed by atoms with Crippen LogP contribution < -0.4 is 5.32 Å². The number of benzene rings is 1. The SMILES string of the molecule is COC(=O)C(NCC1CC1)c1cc(C)c(O)c(C)c1. The van der Waals surface area contributed by atoms with Gasteiger partial charge in [-0.3, -0.25) is 0 Å². The van der Waals surface area contributed by atoms with Gasteiger partial charge in [-0.15, -0.1) is 0 Å². The molecule has 2 N–H and O–H groups in total. The largest absolute Gasteiger partial charge is 0.507 e. The summed E-state index contributed by atoms with van der Waals surface area (Å²) < 4.78 is 4.87. The van der Waals surface area contributed by atoms with Crippen LogP contribution in [0.5, 0.6) is 5.75 Å². The lowest BCUT2D eigenvalue weighted by atomic mass is 10.00. The highest BCUT2D eigenvalue weighted by Crippen LogP contribution is 2.30. The number of hydrogen-bond donors (Lipinski definition) is 2. The molecule has 0 amide bonds. The lowest BCUT2D eigenvalue weighted by Crippen LogP contribution is -2.31. The summed E-state index contributed by atoms with van der Waals surface area (Å²) in [6, 6.07) is 3.22. The maximum atomic E-state index is 11.9. The highest BCUT2D eigenvalue weighted by atomic mass is 16.5. The highest BCUT2D eigenvalue weighted by molar-refractivity contribution is 5.78. The molecule has 4 nitrogen and oxygen atoms in total. The van der Waals surface area contributed by atoms with Crippen molar-refractivity contribution in [2.75, 3.05) is 13.7 Å². The number of carbonyl (C=O) groups is 1. The molecule has 0 spiro atoms. The van der Waals surface area contributed by atoms with E-state index in [2.05, 4.69) is 5.32 Å². The lowest BCUT2D eigenvalue weighted by molar-refractivity contribution is -0.143. The summed E-state index contributed by atoms with van der Waals surface area (Å²) in [7, 11) is 1.40. The van der Waals surface area contributed by atoms with Crippen molar-refractivity contribution in [1.82, 2.24) is 5.32 Å². The molecule has 1 aliphatic carbocycles. The van der Waals surface area contributed by atoms with Crippen LogP contribution in [0.15, 0.2) is 12.1 Å². The average molecular weight is 263 g/mol. The third-order valence-electron chi connectivity index (χ3n) is 3.59. The van der Waals surface area contributed by atoms with Crippen LogP contribution in [0.1, 0.15) is 35.6 Å². The Labute approximate surface area is 113 Å². The lowest BCUT2D eigenvalue weighted by Gasteiger charge is -2.18. The third kappa shape index (κ3) is 3.26.